The van der Waals surface area contributed by atoms with E-state index in [9.17, 15) is 13.2 Å². The molecule has 1 atom stereocenters. The van der Waals surface area contributed by atoms with Crippen LogP contribution >= 0.6 is 0 Å². The zero-order valence-corrected chi connectivity index (χ0v) is 13.6. The van der Waals surface area contributed by atoms with Crippen LogP contribution < -0.4 is 10.6 Å². The lowest BCUT2D eigenvalue weighted by Crippen LogP contribution is -2.53. The molecule has 6 nitrogen and oxygen atoms in total. The number of rotatable bonds is 3. The molecule has 2 amide bonds. The largest absolute Gasteiger partial charge is 0.335 e. The summed E-state index contributed by atoms with van der Waals surface area (Å²) >= 11 is 0. The highest BCUT2D eigenvalue weighted by Crippen LogP contribution is 2.17. The average molecular weight is 317 g/mol. The Morgan fingerprint density at radius 3 is 2.14 bits per heavy atom. The van der Waals surface area contributed by atoms with Gasteiger partial charge >= 0.3 is 6.03 Å². The summed E-state index contributed by atoms with van der Waals surface area (Å²) in [7, 11) is -3.16. The molecule has 0 aromatic carbocycles. The number of sulfonamides is 1. The fraction of sp³-hybridized carbons (Fsp3) is 0.929. The highest BCUT2D eigenvalue weighted by molar-refractivity contribution is 7.88. The van der Waals surface area contributed by atoms with Crippen LogP contribution in [-0.4, -0.2) is 50.2 Å². The Balaban J connectivity index is 1.79. The maximum atomic E-state index is 12.1. The molecule has 7 heteroatoms. The number of carbonyl (C=O) groups is 1. The van der Waals surface area contributed by atoms with Gasteiger partial charge in [0.2, 0.25) is 10.0 Å². The van der Waals surface area contributed by atoms with Gasteiger partial charge in [0.25, 0.3) is 0 Å². The van der Waals surface area contributed by atoms with Gasteiger partial charge in [-0.25, -0.2) is 17.5 Å². The first-order valence-electron chi connectivity index (χ1n) is 7.97. The third-order valence-electron chi connectivity index (χ3n) is 4.38. The van der Waals surface area contributed by atoms with Crippen LogP contribution in [0.3, 0.4) is 0 Å². The summed E-state index contributed by atoms with van der Waals surface area (Å²) < 4.78 is 24.6. The van der Waals surface area contributed by atoms with E-state index in [0.29, 0.717) is 13.1 Å². The van der Waals surface area contributed by atoms with E-state index in [1.54, 1.807) is 0 Å². The van der Waals surface area contributed by atoms with E-state index in [0.717, 1.165) is 25.7 Å². The lowest BCUT2D eigenvalue weighted by atomic mass is 10.1. The van der Waals surface area contributed by atoms with E-state index in [1.807, 2.05) is 0 Å². The van der Waals surface area contributed by atoms with Crippen molar-refractivity contribution in [3.05, 3.63) is 0 Å². The monoisotopic (exact) mass is 317 g/mol. The van der Waals surface area contributed by atoms with Gasteiger partial charge in [-0.1, -0.05) is 25.7 Å². The van der Waals surface area contributed by atoms with Crippen molar-refractivity contribution in [1.29, 1.82) is 0 Å². The number of carbonyl (C=O) groups excluding carboxylic acids is 1. The number of nitrogens with zero attached hydrogens (tertiary/aromatic N) is 1. The van der Waals surface area contributed by atoms with Crippen molar-refractivity contribution in [3.8, 4) is 0 Å². The third kappa shape index (κ3) is 5.47. The maximum absolute atomic E-state index is 12.1. The number of piperidine rings is 1. The Bertz CT molecular complexity index is 444. The second kappa shape index (κ2) is 7.45. The standard InChI is InChI=1S/C14H27N3O3S/c1-21(19,20)17-10-6-9-13(11-17)16-14(18)15-12-7-4-2-3-5-8-12/h12-13H,2-11H2,1H3,(H2,15,16,18)/t13-/m0/s1. The van der Waals surface area contributed by atoms with Crippen molar-refractivity contribution in [2.45, 2.75) is 63.5 Å². The second-order valence-electron chi connectivity index (χ2n) is 6.27. The van der Waals surface area contributed by atoms with Crippen LogP contribution in [0, 0.1) is 0 Å². The average Bonchev–Trinajstić information content (AvgIpc) is 2.66. The van der Waals surface area contributed by atoms with E-state index in [1.165, 1.54) is 36.2 Å². The molecule has 0 unspecified atom stereocenters. The smallest absolute Gasteiger partial charge is 0.315 e. The van der Waals surface area contributed by atoms with E-state index in [2.05, 4.69) is 10.6 Å². The van der Waals surface area contributed by atoms with Gasteiger partial charge in [0, 0.05) is 25.2 Å². The van der Waals surface area contributed by atoms with Crippen LogP contribution in [0.4, 0.5) is 4.79 Å². The fourth-order valence-electron chi connectivity index (χ4n) is 3.20. The van der Waals surface area contributed by atoms with Gasteiger partial charge in [-0.15, -0.1) is 0 Å². The molecule has 21 heavy (non-hydrogen) atoms. The van der Waals surface area contributed by atoms with E-state index in [-0.39, 0.29) is 18.1 Å². The van der Waals surface area contributed by atoms with Gasteiger partial charge in [-0.2, -0.15) is 0 Å². The van der Waals surface area contributed by atoms with Gasteiger partial charge in [-0.3, -0.25) is 0 Å². The predicted octanol–water partition coefficient (Wildman–Crippen LogP) is 1.43. The molecule has 0 aromatic rings. The van der Waals surface area contributed by atoms with Crippen molar-refractivity contribution in [1.82, 2.24) is 14.9 Å². The normalized spacial score (nSPS) is 26.0. The fourth-order valence-corrected chi connectivity index (χ4v) is 4.11. The Morgan fingerprint density at radius 1 is 0.952 bits per heavy atom. The van der Waals surface area contributed by atoms with Gasteiger partial charge in [-0.05, 0) is 25.7 Å². The summed E-state index contributed by atoms with van der Waals surface area (Å²) in [6, 6.07) is 0.0311. The molecule has 2 rings (SSSR count). The number of urea groups is 1. The molecule has 2 N–H and O–H groups in total. The zero-order chi connectivity index (χ0) is 15.3. The molecule has 2 aliphatic rings. The van der Waals surface area contributed by atoms with E-state index >= 15 is 0 Å². The molecule has 1 aliphatic carbocycles. The maximum Gasteiger partial charge on any atom is 0.315 e. The molecule has 1 aliphatic heterocycles. The third-order valence-corrected chi connectivity index (χ3v) is 5.65. The Morgan fingerprint density at radius 2 is 1.52 bits per heavy atom. The summed E-state index contributed by atoms with van der Waals surface area (Å²) in [5, 5.41) is 5.97. The van der Waals surface area contributed by atoms with E-state index in [4.69, 9.17) is 0 Å². The van der Waals surface area contributed by atoms with Gasteiger partial charge in [0.05, 0.1) is 6.26 Å². The number of nitrogens with one attached hydrogen (secondary N) is 2. The molecule has 2 fully saturated rings. The zero-order valence-electron chi connectivity index (χ0n) is 12.8. The van der Waals surface area contributed by atoms with Crippen molar-refractivity contribution in [2.75, 3.05) is 19.3 Å². The summed E-state index contributed by atoms with van der Waals surface area (Å²) in [6.45, 7) is 0.943. The quantitative estimate of drug-likeness (QED) is 0.773. The SMILES string of the molecule is CS(=O)(=O)N1CCC[C@H](NC(=O)NC2CCCCCC2)C1. The van der Waals surface area contributed by atoms with Crippen molar-refractivity contribution >= 4 is 16.1 Å². The van der Waals surface area contributed by atoms with Crippen LogP contribution in [0.15, 0.2) is 0 Å². The summed E-state index contributed by atoms with van der Waals surface area (Å²) in [6.07, 6.45) is 9.82. The predicted molar refractivity (Wildman–Crippen MR) is 82.6 cm³/mol. The van der Waals surface area contributed by atoms with Crippen molar-refractivity contribution in [2.24, 2.45) is 0 Å². The summed E-state index contributed by atoms with van der Waals surface area (Å²) in [5.74, 6) is 0. The van der Waals surface area contributed by atoms with Crippen LogP contribution in [0.25, 0.3) is 0 Å². The minimum absolute atomic E-state index is 0.0840. The highest BCUT2D eigenvalue weighted by atomic mass is 32.2. The minimum atomic E-state index is -3.16. The number of hydrogen-bond acceptors (Lipinski definition) is 3. The van der Waals surface area contributed by atoms with Gasteiger partial charge in [0.15, 0.2) is 0 Å². The van der Waals surface area contributed by atoms with Gasteiger partial charge in [0.1, 0.15) is 0 Å². The minimum Gasteiger partial charge on any atom is -0.335 e. The molecule has 0 bridgehead atoms. The Kier molecular flexibility index (Phi) is 5.87. The Hall–Kier alpha value is -0.820. The first kappa shape index (κ1) is 16.5. The topological polar surface area (TPSA) is 78.5 Å². The Labute approximate surface area is 127 Å². The first-order chi connectivity index (χ1) is 9.95. The molecular weight excluding hydrogens is 290 g/mol. The van der Waals surface area contributed by atoms with Crippen LogP contribution in [0.5, 0.6) is 0 Å². The molecule has 0 aromatic heterocycles. The summed E-state index contributed by atoms with van der Waals surface area (Å²) in [5.41, 5.74) is 0. The van der Waals surface area contributed by atoms with Crippen LogP contribution in [-0.2, 0) is 10.0 Å². The molecule has 1 heterocycles. The lowest BCUT2D eigenvalue weighted by Gasteiger charge is -2.31. The molecular formula is C14H27N3O3S. The van der Waals surface area contributed by atoms with Crippen molar-refractivity contribution in [3.63, 3.8) is 0 Å². The van der Waals surface area contributed by atoms with Gasteiger partial charge < -0.3 is 10.6 Å². The summed E-state index contributed by atoms with van der Waals surface area (Å²) in [4.78, 5) is 12.1. The molecule has 1 saturated heterocycles. The van der Waals surface area contributed by atoms with Crippen molar-refractivity contribution < 1.29 is 13.2 Å². The number of amides is 2. The molecule has 122 valence electrons. The molecule has 0 spiro atoms. The lowest BCUT2D eigenvalue weighted by molar-refractivity contribution is 0.221. The highest BCUT2D eigenvalue weighted by Gasteiger charge is 2.27. The number of hydrogen-bond donors (Lipinski definition) is 2. The van der Waals surface area contributed by atoms with Crippen LogP contribution in [0.1, 0.15) is 51.4 Å². The van der Waals surface area contributed by atoms with Crippen LogP contribution in [0.2, 0.25) is 0 Å². The van der Waals surface area contributed by atoms with E-state index < -0.39 is 10.0 Å². The molecule has 1 saturated carbocycles. The first-order valence-corrected chi connectivity index (χ1v) is 9.82. The molecule has 0 radical (unpaired) electrons. The second-order valence-corrected chi connectivity index (χ2v) is 8.25.